The summed E-state index contributed by atoms with van der Waals surface area (Å²) in [6, 6.07) is 11.2. The molecule has 0 aliphatic carbocycles. The van der Waals surface area contributed by atoms with Gasteiger partial charge in [0.1, 0.15) is 11.8 Å². The summed E-state index contributed by atoms with van der Waals surface area (Å²) < 4.78 is 0. The number of nitrogens with one attached hydrogen (secondary N) is 2. The molecule has 2 aromatic heterocycles. The monoisotopic (exact) mass is 407 g/mol. The molecule has 4 heterocycles. The molecule has 30 heavy (non-hydrogen) atoms. The maximum atomic E-state index is 9.63. The molecule has 3 N–H and O–H groups in total. The molecule has 158 valence electrons. The summed E-state index contributed by atoms with van der Waals surface area (Å²) in [7, 11) is 0. The Kier molecular flexibility index (Phi) is 5.50. The van der Waals surface area contributed by atoms with Gasteiger partial charge in [0.2, 0.25) is 5.95 Å². The van der Waals surface area contributed by atoms with Gasteiger partial charge in [-0.3, -0.25) is 4.90 Å². The van der Waals surface area contributed by atoms with Crippen molar-refractivity contribution >= 4 is 22.9 Å². The lowest BCUT2D eigenvalue weighted by molar-refractivity contribution is 0.211. The van der Waals surface area contributed by atoms with Crippen LogP contribution >= 0.6 is 0 Å². The van der Waals surface area contributed by atoms with Crippen molar-refractivity contribution in [2.75, 3.05) is 36.5 Å². The Morgan fingerprint density at radius 1 is 1.07 bits per heavy atom. The highest BCUT2D eigenvalue weighted by molar-refractivity contribution is 5.84. The number of aromatic nitrogens is 4. The molecule has 3 aromatic rings. The van der Waals surface area contributed by atoms with Crippen molar-refractivity contribution in [2.24, 2.45) is 0 Å². The fourth-order valence-corrected chi connectivity index (χ4v) is 4.64. The average molecular weight is 408 g/mol. The molecule has 0 saturated carbocycles. The largest absolute Gasteiger partial charge is 0.394 e. The standard InChI is InChI=1S/C22H29N7O/c30-14-18-7-4-10-29(18)22-26-19-20(23-15-24-21(19)27-22)25-17-8-11-28(12-9-17)13-16-5-2-1-3-6-16/h1-3,5-6,15,17-18,30H,4,7-14H2,(H2,23,24,25,26,27). The van der Waals surface area contributed by atoms with Gasteiger partial charge in [0, 0.05) is 32.2 Å². The van der Waals surface area contributed by atoms with E-state index in [1.54, 1.807) is 6.33 Å². The number of aromatic amines is 1. The van der Waals surface area contributed by atoms with Crippen LogP contribution in [0.1, 0.15) is 31.2 Å². The van der Waals surface area contributed by atoms with Crippen molar-refractivity contribution in [3.8, 4) is 0 Å². The molecule has 0 radical (unpaired) electrons. The predicted molar refractivity (Wildman–Crippen MR) is 118 cm³/mol. The Hall–Kier alpha value is -2.71. The van der Waals surface area contributed by atoms with E-state index in [0.717, 1.165) is 69.1 Å². The van der Waals surface area contributed by atoms with E-state index in [0.29, 0.717) is 11.7 Å². The second-order valence-corrected chi connectivity index (χ2v) is 8.33. The molecule has 2 aliphatic heterocycles. The summed E-state index contributed by atoms with van der Waals surface area (Å²) in [6.07, 6.45) is 5.80. The number of hydrogen-bond donors (Lipinski definition) is 3. The van der Waals surface area contributed by atoms with Crippen molar-refractivity contribution in [1.29, 1.82) is 0 Å². The van der Waals surface area contributed by atoms with Gasteiger partial charge in [0.05, 0.1) is 12.6 Å². The van der Waals surface area contributed by atoms with Crippen molar-refractivity contribution in [3.05, 3.63) is 42.2 Å². The highest BCUT2D eigenvalue weighted by Crippen LogP contribution is 2.27. The van der Waals surface area contributed by atoms with Gasteiger partial charge in [-0.25, -0.2) is 9.97 Å². The van der Waals surface area contributed by atoms with Crippen LogP contribution in [-0.4, -0.2) is 68.3 Å². The van der Waals surface area contributed by atoms with E-state index in [-0.39, 0.29) is 12.6 Å². The van der Waals surface area contributed by atoms with Gasteiger partial charge in [0.25, 0.3) is 0 Å². The minimum absolute atomic E-state index is 0.129. The van der Waals surface area contributed by atoms with Crippen molar-refractivity contribution in [1.82, 2.24) is 24.8 Å². The van der Waals surface area contributed by atoms with Crippen LogP contribution in [0.25, 0.3) is 11.2 Å². The van der Waals surface area contributed by atoms with Gasteiger partial charge in [0.15, 0.2) is 11.5 Å². The Morgan fingerprint density at radius 2 is 1.90 bits per heavy atom. The van der Waals surface area contributed by atoms with E-state index in [1.807, 2.05) is 0 Å². The lowest BCUT2D eigenvalue weighted by atomic mass is 10.0. The predicted octanol–water partition coefficient (Wildman–Crippen LogP) is 2.39. The molecule has 0 amide bonds. The van der Waals surface area contributed by atoms with Crippen LogP contribution in [0.2, 0.25) is 0 Å². The highest BCUT2D eigenvalue weighted by Gasteiger charge is 2.27. The van der Waals surface area contributed by atoms with Gasteiger partial charge in [-0.2, -0.15) is 4.98 Å². The quantitative estimate of drug-likeness (QED) is 0.578. The number of aliphatic hydroxyl groups excluding tert-OH is 1. The fraction of sp³-hybridized carbons (Fsp3) is 0.500. The second-order valence-electron chi connectivity index (χ2n) is 8.33. The number of fused-ring (bicyclic) bond motifs is 1. The number of piperidine rings is 1. The number of imidazole rings is 1. The molecule has 1 atom stereocenters. The fourth-order valence-electron chi connectivity index (χ4n) is 4.64. The zero-order chi connectivity index (χ0) is 20.3. The number of nitrogens with zero attached hydrogens (tertiary/aromatic N) is 5. The zero-order valence-corrected chi connectivity index (χ0v) is 17.2. The summed E-state index contributed by atoms with van der Waals surface area (Å²) in [5, 5.41) is 13.3. The molecule has 0 spiro atoms. The highest BCUT2D eigenvalue weighted by atomic mass is 16.3. The Labute approximate surface area is 176 Å². The number of hydrogen-bond acceptors (Lipinski definition) is 7. The van der Waals surface area contributed by atoms with Crippen molar-refractivity contribution < 1.29 is 5.11 Å². The van der Waals surface area contributed by atoms with E-state index in [2.05, 4.69) is 65.4 Å². The Balaban J connectivity index is 1.25. The minimum Gasteiger partial charge on any atom is -0.394 e. The van der Waals surface area contributed by atoms with Crippen LogP contribution in [-0.2, 0) is 6.54 Å². The van der Waals surface area contributed by atoms with Gasteiger partial charge in [-0.1, -0.05) is 30.3 Å². The third-order valence-corrected chi connectivity index (χ3v) is 6.31. The molecule has 8 heteroatoms. The maximum absolute atomic E-state index is 9.63. The summed E-state index contributed by atoms with van der Waals surface area (Å²) in [5.41, 5.74) is 2.89. The summed E-state index contributed by atoms with van der Waals surface area (Å²) >= 11 is 0. The first-order chi connectivity index (χ1) is 14.8. The third kappa shape index (κ3) is 3.97. The van der Waals surface area contributed by atoms with Crippen LogP contribution < -0.4 is 10.2 Å². The van der Waals surface area contributed by atoms with E-state index >= 15 is 0 Å². The summed E-state index contributed by atoms with van der Waals surface area (Å²) in [6.45, 7) is 4.20. The van der Waals surface area contributed by atoms with Crippen LogP contribution in [0.4, 0.5) is 11.8 Å². The van der Waals surface area contributed by atoms with Crippen molar-refractivity contribution in [3.63, 3.8) is 0 Å². The van der Waals surface area contributed by atoms with E-state index in [4.69, 9.17) is 0 Å². The number of anilines is 2. The molecule has 2 fully saturated rings. The lowest BCUT2D eigenvalue weighted by Gasteiger charge is -2.32. The number of rotatable bonds is 6. The van der Waals surface area contributed by atoms with Gasteiger partial charge < -0.3 is 20.3 Å². The summed E-state index contributed by atoms with van der Waals surface area (Å²) in [5.74, 6) is 1.60. The summed E-state index contributed by atoms with van der Waals surface area (Å²) in [4.78, 5) is 21.6. The average Bonchev–Trinajstić information content (AvgIpc) is 3.43. The van der Waals surface area contributed by atoms with E-state index < -0.39 is 0 Å². The normalized spacial score (nSPS) is 20.8. The first-order valence-electron chi connectivity index (χ1n) is 10.9. The van der Waals surface area contributed by atoms with Gasteiger partial charge >= 0.3 is 0 Å². The smallest absolute Gasteiger partial charge is 0.205 e. The van der Waals surface area contributed by atoms with E-state index in [1.165, 1.54) is 5.56 Å². The molecular weight excluding hydrogens is 378 g/mol. The molecule has 2 saturated heterocycles. The van der Waals surface area contributed by atoms with Crippen LogP contribution in [0.5, 0.6) is 0 Å². The minimum atomic E-state index is 0.129. The topological polar surface area (TPSA) is 93.2 Å². The molecule has 5 rings (SSSR count). The SMILES string of the molecule is OCC1CCCN1c1nc2ncnc(NC3CCN(Cc4ccccc4)CC3)c2[nH]1. The second kappa shape index (κ2) is 8.57. The number of benzene rings is 1. The van der Waals surface area contributed by atoms with Gasteiger partial charge in [-0.15, -0.1) is 0 Å². The molecule has 1 unspecified atom stereocenters. The number of aliphatic hydroxyl groups is 1. The molecule has 2 aliphatic rings. The Morgan fingerprint density at radius 3 is 2.70 bits per heavy atom. The van der Waals surface area contributed by atoms with Gasteiger partial charge in [-0.05, 0) is 31.2 Å². The van der Waals surface area contributed by atoms with Crippen LogP contribution in [0.3, 0.4) is 0 Å². The Bertz CT molecular complexity index is 968. The maximum Gasteiger partial charge on any atom is 0.205 e. The number of H-pyrrole nitrogens is 1. The first kappa shape index (κ1) is 19.3. The van der Waals surface area contributed by atoms with Crippen LogP contribution in [0, 0.1) is 0 Å². The molecule has 0 bridgehead atoms. The van der Waals surface area contributed by atoms with Crippen LogP contribution in [0.15, 0.2) is 36.7 Å². The first-order valence-corrected chi connectivity index (χ1v) is 10.9. The third-order valence-electron chi connectivity index (χ3n) is 6.31. The zero-order valence-electron chi connectivity index (χ0n) is 17.2. The lowest BCUT2D eigenvalue weighted by Crippen LogP contribution is -2.38. The van der Waals surface area contributed by atoms with Crippen molar-refractivity contribution in [2.45, 2.75) is 44.3 Å². The molecule has 1 aromatic carbocycles. The molecular formula is C22H29N7O. The van der Waals surface area contributed by atoms with E-state index in [9.17, 15) is 5.11 Å². The molecule has 8 nitrogen and oxygen atoms in total. The number of likely N-dealkylation sites (tertiary alicyclic amines) is 1.